The monoisotopic (exact) mass is 154 g/mol. The fourth-order valence-electron chi connectivity index (χ4n) is 0.0447. The average molecular weight is 154 g/mol. The van der Waals surface area contributed by atoms with Crippen LogP contribution in [0.2, 0.25) is 0 Å². The molecule has 1 aliphatic rings. The zero-order chi connectivity index (χ0) is 4.86. The first-order valence-electron chi connectivity index (χ1n) is 1.13. The third-order valence-electron chi connectivity index (χ3n) is 0.275. The van der Waals surface area contributed by atoms with E-state index in [1.807, 2.05) is 0 Å². The van der Waals surface area contributed by atoms with Gasteiger partial charge in [-0.3, -0.25) is 0 Å². The zero-order valence-electron chi connectivity index (χ0n) is 4.61. The van der Waals surface area contributed by atoms with E-state index in [1.54, 1.807) is 0 Å². The van der Waals surface area contributed by atoms with E-state index in [0.717, 1.165) is 0 Å². The van der Waals surface area contributed by atoms with Crippen molar-refractivity contribution < 1.29 is 76.8 Å². The van der Waals surface area contributed by atoms with Crippen molar-refractivity contribution in [2.24, 2.45) is 0 Å². The van der Waals surface area contributed by atoms with Gasteiger partial charge in [-0.1, -0.05) is 0 Å². The van der Waals surface area contributed by atoms with Gasteiger partial charge in [0.15, 0.2) is 0 Å². The SMILES string of the molecule is OP1(O)(O)OO1.[H-].[K+]. The molecule has 0 radical (unpaired) electrons. The van der Waals surface area contributed by atoms with E-state index < -0.39 is 7.74 Å². The predicted molar refractivity (Wildman–Crippen MR) is 16.9 cm³/mol. The van der Waals surface area contributed by atoms with E-state index in [2.05, 4.69) is 9.35 Å². The molecule has 3 N–H and O–H groups in total. The van der Waals surface area contributed by atoms with Gasteiger partial charge >= 0.3 is 83.2 Å². The first-order valence-corrected chi connectivity index (χ1v) is 3.06. The Bertz CT molecular complexity index is 76.2. The second-order valence-corrected chi connectivity index (χ2v) is 2.95. The summed E-state index contributed by atoms with van der Waals surface area (Å²) >= 11 is 0. The molecule has 0 amide bonds. The zero-order valence-corrected chi connectivity index (χ0v) is 7.62. The molecule has 0 saturated carbocycles. The van der Waals surface area contributed by atoms with Gasteiger partial charge in [0.05, 0.1) is 0 Å². The van der Waals surface area contributed by atoms with Crippen molar-refractivity contribution >= 4 is 7.74 Å². The molecule has 1 saturated heterocycles. The Morgan fingerprint density at radius 2 is 1.29 bits per heavy atom. The first kappa shape index (κ1) is 8.87. The van der Waals surface area contributed by atoms with Gasteiger partial charge in [0.25, 0.3) is 0 Å². The maximum Gasteiger partial charge on any atom is 1.00 e. The van der Waals surface area contributed by atoms with Crippen molar-refractivity contribution in [1.82, 2.24) is 0 Å². The molecule has 0 aromatic rings. The smallest absolute Gasteiger partial charge is 1.00 e. The van der Waals surface area contributed by atoms with Gasteiger partial charge in [0, 0.05) is 0 Å². The molecule has 1 fully saturated rings. The summed E-state index contributed by atoms with van der Waals surface area (Å²) in [6.07, 6.45) is 0. The minimum atomic E-state index is -4.80. The Labute approximate surface area is 83.4 Å². The van der Waals surface area contributed by atoms with Crippen molar-refractivity contribution in [3.05, 3.63) is 0 Å². The van der Waals surface area contributed by atoms with Crippen LogP contribution in [0.4, 0.5) is 0 Å². The molecule has 40 valence electrons. The molecule has 1 heterocycles. The fraction of sp³-hybridized carbons (Fsp3) is 0. The summed E-state index contributed by atoms with van der Waals surface area (Å²) in [5.41, 5.74) is 0. The summed E-state index contributed by atoms with van der Waals surface area (Å²) in [5.74, 6) is 0. The Balaban J connectivity index is 0. The molecule has 0 aliphatic carbocycles. The van der Waals surface area contributed by atoms with Gasteiger partial charge in [0.2, 0.25) is 0 Å². The van der Waals surface area contributed by atoms with E-state index in [-0.39, 0.29) is 52.8 Å². The van der Waals surface area contributed by atoms with Crippen molar-refractivity contribution in [3.8, 4) is 0 Å². The van der Waals surface area contributed by atoms with Crippen LogP contribution >= 0.6 is 7.74 Å². The van der Waals surface area contributed by atoms with E-state index in [9.17, 15) is 0 Å². The first-order chi connectivity index (χ1) is 2.47. The molecule has 0 spiro atoms. The molecule has 5 nitrogen and oxygen atoms in total. The summed E-state index contributed by atoms with van der Waals surface area (Å²) in [6.45, 7) is 0. The summed E-state index contributed by atoms with van der Waals surface area (Å²) < 4.78 is 6.76. The summed E-state index contributed by atoms with van der Waals surface area (Å²) in [7, 11) is -4.80. The molecule has 1 rings (SSSR count). The van der Waals surface area contributed by atoms with E-state index >= 15 is 0 Å². The molecular formula is H4KO5P. The van der Waals surface area contributed by atoms with Crippen LogP contribution in [0, 0.1) is 0 Å². The van der Waals surface area contributed by atoms with Gasteiger partial charge in [-0.25, -0.2) is 0 Å². The summed E-state index contributed by atoms with van der Waals surface area (Å²) in [4.78, 5) is 23.7. The van der Waals surface area contributed by atoms with Crippen LogP contribution in [0.1, 0.15) is 1.43 Å². The van der Waals surface area contributed by atoms with Gasteiger partial charge < -0.3 is 1.43 Å². The third kappa shape index (κ3) is 3.44. The molecule has 1 aliphatic heterocycles. The van der Waals surface area contributed by atoms with Crippen LogP contribution in [0.5, 0.6) is 0 Å². The fourth-order valence-corrected chi connectivity index (χ4v) is 0.402. The minimum Gasteiger partial charge on any atom is -1.00 e. The van der Waals surface area contributed by atoms with E-state index in [0.29, 0.717) is 0 Å². The number of hydrogen-bond donors (Lipinski definition) is 3. The predicted octanol–water partition coefficient (Wildman–Crippen LogP) is -3.83. The summed E-state index contributed by atoms with van der Waals surface area (Å²) in [5, 5.41) is 0. The Kier molecular flexibility index (Phi) is 2.44. The minimum absolute atomic E-state index is 0. The van der Waals surface area contributed by atoms with Crippen LogP contribution in [-0.2, 0) is 9.35 Å². The molecule has 0 unspecified atom stereocenters. The molecule has 0 aromatic heterocycles. The average Bonchev–Trinajstić information content (AvgIpc) is 1.73. The van der Waals surface area contributed by atoms with Crippen molar-refractivity contribution in [2.45, 2.75) is 0 Å². The van der Waals surface area contributed by atoms with Crippen molar-refractivity contribution in [3.63, 3.8) is 0 Å². The standard InChI is InChI=1S/K.H3O5P.H/c;1-6(2,3)4-5-6;/h;1-3H;/q+1;;-1. The van der Waals surface area contributed by atoms with Crippen molar-refractivity contribution in [1.29, 1.82) is 0 Å². The maximum atomic E-state index is 7.89. The number of hydrogen-bond acceptors (Lipinski definition) is 5. The Morgan fingerprint density at radius 3 is 1.29 bits per heavy atom. The third-order valence-corrected chi connectivity index (χ3v) is 0.824. The van der Waals surface area contributed by atoms with Crippen LogP contribution in [0.25, 0.3) is 0 Å². The Morgan fingerprint density at radius 1 is 1.14 bits per heavy atom. The van der Waals surface area contributed by atoms with Gasteiger partial charge in [0.1, 0.15) is 0 Å². The second-order valence-electron chi connectivity index (χ2n) is 0.982. The molecule has 7 heavy (non-hydrogen) atoms. The molecule has 0 atom stereocenters. The van der Waals surface area contributed by atoms with E-state index in [4.69, 9.17) is 14.7 Å². The molecular weight excluding hydrogens is 150 g/mol. The van der Waals surface area contributed by atoms with E-state index in [1.165, 1.54) is 0 Å². The largest absolute Gasteiger partial charge is 1.00 e. The quantitative estimate of drug-likeness (QED) is 0.144. The molecule has 0 bridgehead atoms. The van der Waals surface area contributed by atoms with Gasteiger partial charge in [-0.2, -0.15) is 0 Å². The summed E-state index contributed by atoms with van der Waals surface area (Å²) in [6, 6.07) is 0. The van der Waals surface area contributed by atoms with Crippen molar-refractivity contribution in [2.75, 3.05) is 0 Å². The maximum absolute atomic E-state index is 7.89. The topological polar surface area (TPSA) is 85.8 Å². The normalized spacial score (nSPS) is 36.7. The van der Waals surface area contributed by atoms with Crippen LogP contribution in [0.3, 0.4) is 0 Å². The van der Waals surface area contributed by atoms with Crippen LogP contribution in [-0.4, -0.2) is 14.7 Å². The van der Waals surface area contributed by atoms with Gasteiger partial charge in [-0.05, 0) is 0 Å². The van der Waals surface area contributed by atoms with Crippen LogP contribution in [0.15, 0.2) is 0 Å². The Hall–Kier alpha value is 1.87. The molecule has 0 aromatic carbocycles. The van der Waals surface area contributed by atoms with Gasteiger partial charge in [-0.15, -0.1) is 0 Å². The second kappa shape index (κ2) is 1.93. The molecule has 7 heteroatoms. The number of rotatable bonds is 0. The van der Waals surface area contributed by atoms with Crippen LogP contribution < -0.4 is 51.4 Å².